The standard InChI is InChI=1S/C16H15ClFNO/c1-2-14-11-5-3-4-6-12(11)16(20)19(14)15-8-7-10(17)9-13(15)18/h2,7-9H,3-6H2,1H3/b14-2+. The van der Waals surface area contributed by atoms with Crippen LogP contribution in [0, 0.1) is 5.82 Å². The molecular weight excluding hydrogens is 277 g/mol. The molecule has 3 rings (SSSR count). The third-order valence-corrected chi connectivity index (χ3v) is 4.14. The number of rotatable bonds is 1. The molecule has 1 aromatic rings. The molecule has 0 radical (unpaired) electrons. The Bertz CT molecular complexity index is 648. The molecular formula is C16H15ClFNO. The van der Waals surface area contributed by atoms with Crippen LogP contribution in [0.5, 0.6) is 0 Å². The summed E-state index contributed by atoms with van der Waals surface area (Å²) in [5.41, 5.74) is 3.03. The van der Waals surface area contributed by atoms with Crippen LogP contribution in [-0.4, -0.2) is 5.91 Å². The summed E-state index contributed by atoms with van der Waals surface area (Å²) in [6, 6.07) is 4.42. The van der Waals surface area contributed by atoms with Crippen LogP contribution in [0.2, 0.25) is 5.02 Å². The van der Waals surface area contributed by atoms with Gasteiger partial charge in [-0.05, 0) is 56.4 Å². The van der Waals surface area contributed by atoms with Crippen molar-refractivity contribution in [2.75, 3.05) is 4.90 Å². The largest absolute Gasteiger partial charge is 0.274 e. The summed E-state index contributed by atoms with van der Waals surface area (Å²) in [6.45, 7) is 1.88. The predicted molar refractivity (Wildman–Crippen MR) is 78.1 cm³/mol. The lowest BCUT2D eigenvalue weighted by molar-refractivity contribution is -0.114. The van der Waals surface area contributed by atoms with E-state index in [2.05, 4.69) is 0 Å². The van der Waals surface area contributed by atoms with E-state index in [1.165, 1.54) is 11.0 Å². The molecule has 0 saturated carbocycles. The van der Waals surface area contributed by atoms with E-state index in [1.807, 2.05) is 13.0 Å². The molecule has 1 amide bonds. The first-order valence-electron chi connectivity index (χ1n) is 6.81. The Balaban J connectivity index is 2.09. The van der Waals surface area contributed by atoms with Gasteiger partial charge in [0, 0.05) is 16.3 Å². The number of amides is 1. The molecule has 2 nitrogen and oxygen atoms in total. The number of halogens is 2. The number of nitrogens with zero attached hydrogens (tertiary/aromatic N) is 1. The van der Waals surface area contributed by atoms with Crippen molar-refractivity contribution in [3.63, 3.8) is 0 Å². The molecule has 0 atom stereocenters. The molecule has 1 aliphatic heterocycles. The lowest BCUT2D eigenvalue weighted by Gasteiger charge is -2.20. The van der Waals surface area contributed by atoms with Crippen LogP contribution in [0.3, 0.4) is 0 Å². The summed E-state index contributed by atoms with van der Waals surface area (Å²) in [7, 11) is 0. The third-order valence-electron chi connectivity index (χ3n) is 3.90. The average molecular weight is 292 g/mol. The van der Waals surface area contributed by atoms with Crippen molar-refractivity contribution in [3.05, 3.63) is 52.0 Å². The summed E-state index contributed by atoms with van der Waals surface area (Å²) in [4.78, 5) is 14.1. The number of carbonyl (C=O) groups excluding carboxylic acids is 1. The SMILES string of the molecule is C/C=C1\C2=C(CCCC2)C(=O)N1c1ccc(Cl)cc1F. The van der Waals surface area contributed by atoms with Gasteiger partial charge < -0.3 is 0 Å². The Kier molecular flexibility index (Phi) is 3.38. The van der Waals surface area contributed by atoms with E-state index >= 15 is 0 Å². The van der Waals surface area contributed by atoms with Crippen molar-refractivity contribution in [2.24, 2.45) is 0 Å². The van der Waals surface area contributed by atoms with Crippen molar-refractivity contribution < 1.29 is 9.18 Å². The second-order valence-corrected chi connectivity index (χ2v) is 5.51. The molecule has 0 unspecified atom stereocenters. The topological polar surface area (TPSA) is 20.3 Å². The number of hydrogen-bond donors (Lipinski definition) is 0. The van der Waals surface area contributed by atoms with Gasteiger partial charge in [-0.25, -0.2) is 4.39 Å². The molecule has 1 aliphatic carbocycles. The van der Waals surface area contributed by atoms with E-state index in [-0.39, 0.29) is 11.6 Å². The molecule has 104 valence electrons. The maximum Gasteiger partial charge on any atom is 0.259 e. The summed E-state index contributed by atoms with van der Waals surface area (Å²) in [5.74, 6) is -0.556. The lowest BCUT2D eigenvalue weighted by atomic mass is 9.92. The maximum absolute atomic E-state index is 14.1. The Morgan fingerprint density at radius 1 is 1.25 bits per heavy atom. The molecule has 0 fully saturated rings. The number of benzene rings is 1. The molecule has 2 aliphatic rings. The molecule has 1 heterocycles. The first-order chi connectivity index (χ1) is 9.63. The van der Waals surface area contributed by atoms with Crippen LogP contribution in [0.25, 0.3) is 0 Å². The molecule has 1 aromatic carbocycles. The predicted octanol–water partition coefficient (Wildman–Crippen LogP) is 4.60. The van der Waals surface area contributed by atoms with Crippen molar-refractivity contribution in [1.82, 2.24) is 0 Å². The highest BCUT2D eigenvalue weighted by Gasteiger charge is 2.37. The first-order valence-corrected chi connectivity index (χ1v) is 7.19. The molecule has 0 bridgehead atoms. The van der Waals surface area contributed by atoms with Gasteiger partial charge in [0.1, 0.15) is 5.82 Å². The smallest absolute Gasteiger partial charge is 0.259 e. The van der Waals surface area contributed by atoms with Gasteiger partial charge in [0.2, 0.25) is 0 Å². The Morgan fingerprint density at radius 2 is 1.95 bits per heavy atom. The van der Waals surface area contributed by atoms with Crippen LogP contribution >= 0.6 is 11.6 Å². The zero-order valence-corrected chi connectivity index (χ0v) is 12.0. The second-order valence-electron chi connectivity index (χ2n) is 5.07. The second kappa shape index (κ2) is 5.06. The lowest BCUT2D eigenvalue weighted by Crippen LogP contribution is -2.26. The minimum Gasteiger partial charge on any atom is -0.274 e. The van der Waals surface area contributed by atoms with Gasteiger partial charge in [-0.2, -0.15) is 0 Å². The monoisotopic (exact) mass is 291 g/mol. The van der Waals surface area contributed by atoms with E-state index < -0.39 is 5.82 Å². The van der Waals surface area contributed by atoms with Gasteiger partial charge in [-0.1, -0.05) is 17.7 Å². The fraction of sp³-hybridized carbons (Fsp3) is 0.312. The van der Waals surface area contributed by atoms with Gasteiger partial charge >= 0.3 is 0 Å². The van der Waals surface area contributed by atoms with Gasteiger partial charge in [-0.15, -0.1) is 0 Å². The van der Waals surface area contributed by atoms with E-state index in [0.717, 1.165) is 42.5 Å². The molecule has 0 spiro atoms. The van der Waals surface area contributed by atoms with Crippen LogP contribution in [-0.2, 0) is 4.79 Å². The Labute approximate surface area is 122 Å². The summed E-state index contributed by atoms with van der Waals surface area (Å²) in [5, 5.41) is 0.331. The van der Waals surface area contributed by atoms with E-state index in [1.54, 1.807) is 12.1 Å². The summed E-state index contributed by atoms with van der Waals surface area (Å²) in [6.07, 6.45) is 5.68. The zero-order valence-electron chi connectivity index (χ0n) is 11.2. The maximum atomic E-state index is 14.1. The third kappa shape index (κ3) is 1.97. The average Bonchev–Trinajstić information content (AvgIpc) is 2.72. The molecule has 0 aromatic heterocycles. The fourth-order valence-corrected chi connectivity index (χ4v) is 3.17. The van der Waals surface area contributed by atoms with Crippen LogP contribution in [0.1, 0.15) is 32.6 Å². The Hall–Kier alpha value is -1.61. The van der Waals surface area contributed by atoms with Crippen LogP contribution < -0.4 is 4.90 Å². The zero-order chi connectivity index (χ0) is 14.3. The molecule has 0 N–H and O–H groups in total. The quantitative estimate of drug-likeness (QED) is 0.740. The number of anilines is 1. The van der Waals surface area contributed by atoms with E-state index in [9.17, 15) is 9.18 Å². The van der Waals surface area contributed by atoms with Crippen LogP contribution in [0.4, 0.5) is 10.1 Å². The van der Waals surface area contributed by atoms with Gasteiger partial charge in [-0.3, -0.25) is 9.69 Å². The number of hydrogen-bond acceptors (Lipinski definition) is 1. The molecule has 20 heavy (non-hydrogen) atoms. The fourth-order valence-electron chi connectivity index (χ4n) is 3.01. The normalized spacial score (nSPS) is 20.9. The van der Waals surface area contributed by atoms with Crippen molar-refractivity contribution in [3.8, 4) is 0 Å². The van der Waals surface area contributed by atoms with Gasteiger partial charge in [0.15, 0.2) is 0 Å². The van der Waals surface area contributed by atoms with Crippen LogP contribution in [0.15, 0.2) is 41.1 Å². The highest BCUT2D eigenvalue weighted by atomic mass is 35.5. The highest BCUT2D eigenvalue weighted by Crippen LogP contribution is 2.42. The number of allylic oxidation sites excluding steroid dienone is 2. The van der Waals surface area contributed by atoms with Crippen molar-refractivity contribution in [1.29, 1.82) is 0 Å². The number of carbonyl (C=O) groups is 1. The van der Waals surface area contributed by atoms with Crippen molar-refractivity contribution in [2.45, 2.75) is 32.6 Å². The van der Waals surface area contributed by atoms with Gasteiger partial charge in [0.05, 0.1) is 5.69 Å². The van der Waals surface area contributed by atoms with Crippen molar-refractivity contribution >= 4 is 23.2 Å². The Morgan fingerprint density at radius 3 is 2.60 bits per heavy atom. The van der Waals surface area contributed by atoms with Gasteiger partial charge in [0.25, 0.3) is 5.91 Å². The summed E-state index contributed by atoms with van der Waals surface area (Å²) < 4.78 is 14.1. The highest BCUT2D eigenvalue weighted by molar-refractivity contribution is 6.30. The summed E-state index contributed by atoms with van der Waals surface area (Å²) >= 11 is 5.78. The minimum absolute atomic E-state index is 0.0889. The first kappa shape index (κ1) is 13.4. The van der Waals surface area contributed by atoms with E-state index in [4.69, 9.17) is 11.6 Å². The molecule has 4 heteroatoms. The minimum atomic E-state index is -0.468. The molecule has 0 saturated heterocycles. The van der Waals surface area contributed by atoms with E-state index in [0.29, 0.717) is 5.02 Å².